The van der Waals surface area contributed by atoms with Crippen molar-refractivity contribution < 1.29 is 13.9 Å². The maximum atomic E-state index is 12.8. The van der Waals surface area contributed by atoms with Gasteiger partial charge in [-0.05, 0) is 46.8 Å². The molecule has 3 aromatic rings. The molecule has 0 saturated heterocycles. The Kier molecular flexibility index (Phi) is 3.86. The maximum absolute atomic E-state index is 12.8. The van der Waals surface area contributed by atoms with E-state index in [4.69, 9.17) is 4.74 Å². The zero-order valence-corrected chi connectivity index (χ0v) is 11.4. The number of aromatic nitrogens is 4. The first-order valence-corrected chi connectivity index (χ1v) is 6.47. The largest absolute Gasteiger partial charge is 0.485 e. The molecule has 2 aromatic carbocycles. The molecule has 0 aliphatic carbocycles. The van der Waals surface area contributed by atoms with Gasteiger partial charge in [0.25, 0.3) is 0 Å². The molecule has 7 heteroatoms. The summed E-state index contributed by atoms with van der Waals surface area (Å²) in [6.45, 7) is -0.134. The molecule has 0 aliphatic heterocycles. The number of Topliss-reactive ketones (excluding diaryl/α,β-unsaturated/α-hetero) is 1. The highest BCUT2D eigenvalue weighted by Crippen LogP contribution is 2.16. The van der Waals surface area contributed by atoms with Crippen LogP contribution >= 0.6 is 0 Å². The quantitative estimate of drug-likeness (QED) is 0.674. The van der Waals surface area contributed by atoms with E-state index in [-0.39, 0.29) is 18.2 Å². The molecule has 0 aliphatic rings. The molecule has 1 aromatic heterocycles. The van der Waals surface area contributed by atoms with E-state index in [2.05, 4.69) is 15.5 Å². The van der Waals surface area contributed by atoms with E-state index in [0.29, 0.717) is 11.3 Å². The van der Waals surface area contributed by atoms with Crippen LogP contribution in [0, 0.1) is 5.82 Å². The third-order valence-electron chi connectivity index (χ3n) is 2.97. The number of ketones is 1. The van der Waals surface area contributed by atoms with Gasteiger partial charge < -0.3 is 4.74 Å². The molecule has 0 amide bonds. The maximum Gasteiger partial charge on any atom is 0.200 e. The van der Waals surface area contributed by atoms with Gasteiger partial charge >= 0.3 is 0 Å². The third-order valence-corrected chi connectivity index (χ3v) is 2.97. The Morgan fingerprint density at radius 2 is 2.00 bits per heavy atom. The number of benzene rings is 2. The number of carbonyl (C=O) groups is 1. The van der Waals surface area contributed by atoms with Crippen molar-refractivity contribution in [1.29, 1.82) is 0 Å². The van der Waals surface area contributed by atoms with E-state index in [1.807, 2.05) is 6.07 Å². The highest BCUT2D eigenvalue weighted by Gasteiger charge is 2.08. The van der Waals surface area contributed by atoms with Crippen LogP contribution < -0.4 is 4.74 Å². The van der Waals surface area contributed by atoms with Crippen LogP contribution in [0.1, 0.15) is 10.4 Å². The molecular formula is C15H11FN4O2. The van der Waals surface area contributed by atoms with Crippen LogP contribution in [0.2, 0.25) is 0 Å². The second-order valence-corrected chi connectivity index (χ2v) is 4.47. The average molecular weight is 298 g/mol. The summed E-state index contributed by atoms with van der Waals surface area (Å²) in [5, 5.41) is 10.9. The van der Waals surface area contributed by atoms with E-state index >= 15 is 0 Å². The van der Waals surface area contributed by atoms with Gasteiger partial charge in [0.15, 0.2) is 12.4 Å². The molecule has 0 fully saturated rings. The molecule has 22 heavy (non-hydrogen) atoms. The summed E-state index contributed by atoms with van der Waals surface area (Å²) in [5.41, 5.74) is 1.12. The molecule has 0 N–H and O–H groups in total. The topological polar surface area (TPSA) is 69.9 Å². The van der Waals surface area contributed by atoms with Gasteiger partial charge in [-0.3, -0.25) is 4.79 Å². The molecule has 0 spiro atoms. The van der Waals surface area contributed by atoms with Crippen molar-refractivity contribution >= 4 is 5.78 Å². The predicted molar refractivity (Wildman–Crippen MR) is 75.4 cm³/mol. The zero-order chi connectivity index (χ0) is 15.4. The van der Waals surface area contributed by atoms with Gasteiger partial charge in [0, 0.05) is 11.6 Å². The lowest BCUT2D eigenvalue weighted by molar-refractivity contribution is 0.0921. The molecule has 0 saturated carbocycles. The SMILES string of the molecule is O=C(COc1cccc(-n2cnnn2)c1)c1ccc(F)cc1. The number of tetrazole rings is 1. The number of hydrogen-bond acceptors (Lipinski definition) is 5. The van der Waals surface area contributed by atoms with Crippen molar-refractivity contribution in [3.8, 4) is 11.4 Å². The van der Waals surface area contributed by atoms with Crippen molar-refractivity contribution in [1.82, 2.24) is 20.2 Å². The van der Waals surface area contributed by atoms with Crippen LogP contribution in [-0.2, 0) is 0 Å². The lowest BCUT2D eigenvalue weighted by Crippen LogP contribution is -2.11. The lowest BCUT2D eigenvalue weighted by atomic mass is 10.1. The minimum Gasteiger partial charge on any atom is -0.485 e. The fourth-order valence-electron chi connectivity index (χ4n) is 1.86. The standard InChI is InChI=1S/C15H11FN4O2/c16-12-6-4-11(5-7-12)15(21)9-22-14-3-1-2-13(8-14)20-10-17-18-19-20/h1-8,10H,9H2. The summed E-state index contributed by atoms with van der Waals surface area (Å²) >= 11 is 0. The Bertz CT molecular complexity index is 773. The third kappa shape index (κ3) is 3.14. The Labute approximate surface area is 125 Å². The summed E-state index contributed by atoms with van der Waals surface area (Å²) in [6, 6.07) is 12.4. The smallest absolute Gasteiger partial charge is 0.200 e. The highest BCUT2D eigenvalue weighted by atomic mass is 19.1. The number of nitrogens with zero attached hydrogens (tertiary/aromatic N) is 4. The molecular weight excluding hydrogens is 287 g/mol. The van der Waals surface area contributed by atoms with Crippen LogP contribution in [0.4, 0.5) is 4.39 Å². The highest BCUT2D eigenvalue weighted by molar-refractivity contribution is 5.97. The van der Waals surface area contributed by atoms with Gasteiger partial charge in [-0.25, -0.2) is 9.07 Å². The van der Waals surface area contributed by atoms with Crippen molar-refractivity contribution in [2.75, 3.05) is 6.61 Å². The van der Waals surface area contributed by atoms with Gasteiger partial charge in [0.2, 0.25) is 0 Å². The molecule has 3 rings (SSSR count). The van der Waals surface area contributed by atoms with Crippen molar-refractivity contribution in [3.63, 3.8) is 0 Å². The molecule has 0 radical (unpaired) electrons. The first-order chi connectivity index (χ1) is 10.7. The van der Waals surface area contributed by atoms with Crippen LogP contribution in [-0.4, -0.2) is 32.6 Å². The van der Waals surface area contributed by atoms with Gasteiger partial charge in [-0.2, -0.15) is 0 Å². The zero-order valence-electron chi connectivity index (χ0n) is 11.4. The lowest BCUT2D eigenvalue weighted by Gasteiger charge is -2.07. The Morgan fingerprint density at radius 1 is 1.18 bits per heavy atom. The molecule has 0 bridgehead atoms. The summed E-state index contributed by atoms with van der Waals surface area (Å²) in [4.78, 5) is 12.0. The minimum atomic E-state index is -0.383. The molecule has 0 atom stereocenters. The van der Waals surface area contributed by atoms with Crippen molar-refractivity contribution in [2.45, 2.75) is 0 Å². The molecule has 0 unspecified atom stereocenters. The fourth-order valence-corrected chi connectivity index (χ4v) is 1.86. The van der Waals surface area contributed by atoms with Gasteiger partial charge in [-0.1, -0.05) is 6.07 Å². The van der Waals surface area contributed by atoms with Gasteiger partial charge in [0.05, 0.1) is 5.69 Å². The van der Waals surface area contributed by atoms with Crippen molar-refractivity contribution in [3.05, 3.63) is 66.2 Å². The number of hydrogen-bond donors (Lipinski definition) is 0. The first kappa shape index (κ1) is 13.9. The van der Waals surface area contributed by atoms with Crippen LogP contribution in [0.25, 0.3) is 5.69 Å². The van der Waals surface area contributed by atoms with Gasteiger partial charge in [0.1, 0.15) is 17.9 Å². The number of carbonyl (C=O) groups excluding carboxylic acids is 1. The normalized spacial score (nSPS) is 10.4. The number of halogens is 1. The molecule has 6 nitrogen and oxygen atoms in total. The fraction of sp³-hybridized carbons (Fsp3) is 0.0667. The summed E-state index contributed by atoms with van der Waals surface area (Å²) in [7, 11) is 0. The van der Waals surface area contributed by atoms with E-state index in [1.54, 1.807) is 18.2 Å². The Hall–Kier alpha value is -3.09. The van der Waals surface area contributed by atoms with Crippen LogP contribution in [0.5, 0.6) is 5.75 Å². The van der Waals surface area contributed by atoms with E-state index < -0.39 is 0 Å². The second kappa shape index (κ2) is 6.13. The molecule has 1 heterocycles. The average Bonchev–Trinajstić information content (AvgIpc) is 3.08. The summed E-state index contributed by atoms with van der Waals surface area (Å²) in [6.07, 6.45) is 1.46. The second-order valence-electron chi connectivity index (χ2n) is 4.47. The van der Waals surface area contributed by atoms with E-state index in [9.17, 15) is 9.18 Å². The minimum absolute atomic E-state index is 0.134. The van der Waals surface area contributed by atoms with E-state index in [0.717, 1.165) is 5.69 Å². The summed E-state index contributed by atoms with van der Waals surface area (Å²) in [5.74, 6) is -0.0945. The number of ether oxygens (including phenoxy) is 1. The number of rotatable bonds is 5. The van der Waals surface area contributed by atoms with Crippen molar-refractivity contribution in [2.24, 2.45) is 0 Å². The van der Waals surface area contributed by atoms with Crippen LogP contribution in [0.15, 0.2) is 54.9 Å². The monoisotopic (exact) mass is 298 g/mol. The van der Waals surface area contributed by atoms with E-state index in [1.165, 1.54) is 35.3 Å². The first-order valence-electron chi connectivity index (χ1n) is 6.47. The van der Waals surface area contributed by atoms with Gasteiger partial charge in [-0.15, -0.1) is 5.10 Å². The predicted octanol–water partition coefficient (Wildman–Crippen LogP) is 2.06. The Morgan fingerprint density at radius 3 is 2.73 bits per heavy atom. The summed E-state index contributed by atoms with van der Waals surface area (Å²) < 4.78 is 19.8. The van der Waals surface area contributed by atoms with Crippen LogP contribution in [0.3, 0.4) is 0 Å². The Balaban J connectivity index is 1.67. The molecule has 110 valence electrons.